The van der Waals surface area contributed by atoms with E-state index in [-0.39, 0.29) is 5.91 Å². The van der Waals surface area contributed by atoms with Gasteiger partial charge in [-0.3, -0.25) is 14.3 Å². The Morgan fingerprint density at radius 2 is 2.00 bits per heavy atom. The Bertz CT molecular complexity index is 1020. The van der Waals surface area contributed by atoms with E-state index in [0.717, 1.165) is 36.1 Å². The lowest BCUT2D eigenvalue weighted by atomic mass is 10.0. The van der Waals surface area contributed by atoms with Crippen molar-refractivity contribution >= 4 is 28.7 Å². The molecular weight excluding hydrogens is 370 g/mol. The quantitative estimate of drug-likeness (QED) is 0.799. The first-order valence-corrected chi connectivity index (χ1v) is 10.2. The molecule has 0 radical (unpaired) electrons. The molecule has 1 atom stereocenters. The summed E-state index contributed by atoms with van der Waals surface area (Å²) in [7, 11) is 0. The molecule has 0 saturated carbocycles. The lowest BCUT2D eigenvalue weighted by molar-refractivity contribution is -0.124. The normalized spacial score (nSPS) is 19.8. The third-order valence-corrected chi connectivity index (χ3v) is 5.14. The van der Waals surface area contributed by atoms with Gasteiger partial charge in [0.05, 0.1) is 5.52 Å². The number of nitrogens with one attached hydrogen (secondary N) is 1. The highest BCUT2D eigenvalue weighted by molar-refractivity contribution is 5.90. The summed E-state index contributed by atoms with van der Waals surface area (Å²) in [6, 6.07) is 7.18. The molecule has 8 heteroatoms. The molecule has 1 aromatic carbocycles. The Morgan fingerprint density at radius 1 is 1.21 bits per heavy atom. The number of rotatable bonds is 1. The van der Waals surface area contributed by atoms with Gasteiger partial charge in [-0.2, -0.15) is 4.99 Å². The fourth-order valence-corrected chi connectivity index (χ4v) is 3.86. The molecule has 2 amide bonds. The zero-order valence-corrected chi connectivity index (χ0v) is 17.1. The van der Waals surface area contributed by atoms with Gasteiger partial charge in [-0.05, 0) is 52.2 Å². The monoisotopic (exact) mass is 397 g/mol. The number of para-hydroxylation sites is 1. The van der Waals surface area contributed by atoms with Crippen LogP contribution in [0.3, 0.4) is 0 Å². The molecule has 0 spiro atoms. The van der Waals surface area contributed by atoms with E-state index in [4.69, 9.17) is 4.74 Å². The number of carbonyl (C=O) groups excluding carboxylic acids is 2. The summed E-state index contributed by atoms with van der Waals surface area (Å²) in [6.07, 6.45) is 1.85. The molecule has 1 saturated heterocycles. The van der Waals surface area contributed by atoms with Gasteiger partial charge in [0, 0.05) is 25.0 Å². The molecule has 0 aliphatic carbocycles. The number of ether oxygens (including phenoxy) is 1. The molecule has 154 valence electrons. The van der Waals surface area contributed by atoms with Gasteiger partial charge in [0.2, 0.25) is 5.62 Å². The van der Waals surface area contributed by atoms with Crippen LogP contribution in [-0.2, 0) is 16.1 Å². The Balaban J connectivity index is 1.69. The molecule has 1 fully saturated rings. The van der Waals surface area contributed by atoms with Crippen LogP contribution < -0.4 is 10.9 Å². The van der Waals surface area contributed by atoms with Crippen molar-refractivity contribution in [1.82, 2.24) is 14.5 Å². The number of hydrogen-bond donors (Lipinski definition) is 1. The molecular formula is C21H27N5O3. The van der Waals surface area contributed by atoms with E-state index in [1.807, 2.05) is 49.6 Å². The highest BCUT2D eigenvalue weighted by Gasteiger charge is 2.35. The highest BCUT2D eigenvalue weighted by atomic mass is 16.6. The summed E-state index contributed by atoms with van der Waals surface area (Å²) in [5, 5.41) is 4.36. The van der Waals surface area contributed by atoms with E-state index >= 15 is 0 Å². The predicted molar refractivity (Wildman–Crippen MR) is 109 cm³/mol. The van der Waals surface area contributed by atoms with E-state index in [1.165, 1.54) is 4.90 Å². The third kappa shape index (κ3) is 3.97. The van der Waals surface area contributed by atoms with Crippen LogP contribution in [0, 0.1) is 0 Å². The Hall–Kier alpha value is -2.90. The number of amides is 2. The molecule has 1 aromatic heterocycles. The minimum Gasteiger partial charge on any atom is -0.444 e. The maximum Gasteiger partial charge on any atom is 0.410 e. The van der Waals surface area contributed by atoms with Crippen molar-refractivity contribution in [3.05, 3.63) is 29.9 Å². The molecule has 0 bridgehead atoms. The average molecular weight is 397 g/mol. The van der Waals surface area contributed by atoms with Crippen molar-refractivity contribution in [3.8, 4) is 0 Å². The first-order chi connectivity index (χ1) is 13.8. The van der Waals surface area contributed by atoms with Gasteiger partial charge in [-0.15, -0.1) is 0 Å². The van der Waals surface area contributed by atoms with Gasteiger partial charge in [0.1, 0.15) is 17.5 Å². The fourth-order valence-electron chi connectivity index (χ4n) is 3.86. The number of piperidine rings is 1. The van der Waals surface area contributed by atoms with Crippen LogP contribution in [0.15, 0.2) is 29.3 Å². The molecule has 2 aliphatic heterocycles. The second-order valence-electron chi connectivity index (χ2n) is 8.49. The Kier molecular flexibility index (Phi) is 5.02. The summed E-state index contributed by atoms with van der Waals surface area (Å²) in [4.78, 5) is 36.2. The van der Waals surface area contributed by atoms with Crippen molar-refractivity contribution in [2.24, 2.45) is 4.99 Å². The molecule has 1 unspecified atom stereocenters. The second kappa shape index (κ2) is 7.50. The summed E-state index contributed by atoms with van der Waals surface area (Å²) < 4.78 is 7.43. The summed E-state index contributed by atoms with van der Waals surface area (Å²) in [5.74, 6) is 0.578. The van der Waals surface area contributed by atoms with Crippen molar-refractivity contribution in [2.45, 2.75) is 58.2 Å². The number of nitrogens with zero attached hydrogens (tertiary/aromatic N) is 4. The molecule has 3 heterocycles. The maximum atomic E-state index is 13.1. The number of fused-ring (bicyclic) bond motifs is 3. The largest absolute Gasteiger partial charge is 0.444 e. The molecule has 8 nitrogen and oxygen atoms in total. The molecule has 2 aliphatic rings. The fraction of sp³-hybridized carbons (Fsp3) is 0.524. The lowest BCUT2D eigenvalue weighted by Crippen LogP contribution is -2.49. The molecule has 2 aromatic rings. The van der Waals surface area contributed by atoms with Crippen LogP contribution in [0.4, 0.5) is 10.6 Å². The number of anilines is 1. The minimum absolute atomic E-state index is 0.347. The first kappa shape index (κ1) is 19.4. The summed E-state index contributed by atoms with van der Waals surface area (Å²) >= 11 is 0. The first-order valence-electron chi connectivity index (χ1n) is 10.2. The van der Waals surface area contributed by atoms with E-state index in [9.17, 15) is 9.59 Å². The van der Waals surface area contributed by atoms with E-state index < -0.39 is 17.7 Å². The van der Waals surface area contributed by atoms with Crippen molar-refractivity contribution in [2.75, 3.05) is 18.4 Å². The van der Waals surface area contributed by atoms with Crippen LogP contribution in [0.1, 0.15) is 40.0 Å². The lowest BCUT2D eigenvalue weighted by Gasteiger charge is -2.34. The highest BCUT2D eigenvalue weighted by Crippen LogP contribution is 2.23. The van der Waals surface area contributed by atoms with Crippen LogP contribution in [0.2, 0.25) is 0 Å². The van der Waals surface area contributed by atoms with Gasteiger partial charge in [-0.25, -0.2) is 9.78 Å². The van der Waals surface area contributed by atoms with Gasteiger partial charge in [0.15, 0.2) is 0 Å². The van der Waals surface area contributed by atoms with Gasteiger partial charge >= 0.3 is 6.09 Å². The Morgan fingerprint density at radius 3 is 2.79 bits per heavy atom. The van der Waals surface area contributed by atoms with Crippen molar-refractivity contribution < 1.29 is 14.3 Å². The van der Waals surface area contributed by atoms with Crippen molar-refractivity contribution in [3.63, 3.8) is 0 Å². The number of aromatic nitrogens is 2. The summed E-state index contributed by atoms with van der Waals surface area (Å²) in [5.41, 5.74) is 0.553. The van der Waals surface area contributed by atoms with Crippen LogP contribution in [0.5, 0.6) is 0 Å². The number of likely N-dealkylation sites (tertiary alicyclic amines) is 1. The van der Waals surface area contributed by atoms with E-state index in [2.05, 4.69) is 15.3 Å². The molecule has 29 heavy (non-hydrogen) atoms. The predicted octanol–water partition coefficient (Wildman–Crippen LogP) is 2.68. The number of benzene rings is 1. The smallest absolute Gasteiger partial charge is 0.410 e. The zero-order chi connectivity index (χ0) is 20.6. The van der Waals surface area contributed by atoms with Crippen molar-refractivity contribution in [1.29, 1.82) is 0 Å². The number of carbonyl (C=O) groups is 2. The zero-order valence-electron chi connectivity index (χ0n) is 17.1. The van der Waals surface area contributed by atoms with Gasteiger partial charge in [-0.1, -0.05) is 12.1 Å². The van der Waals surface area contributed by atoms with Gasteiger partial charge < -0.3 is 10.1 Å². The van der Waals surface area contributed by atoms with E-state index in [0.29, 0.717) is 25.1 Å². The van der Waals surface area contributed by atoms with Crippen LogP contribution >= 0.6 is 0 Å². The standard InChI is InChI=1S/C21H27N5O3/c1-21(2,3)29-20(28)25-12-7-6-10-16(25)18(27)24-19-23-15-9-5-4-8-14(15)17-22-11-13-26(17)19/h4-5,8-9,16,22H,6-7,10-13H2,1-3H3. The van der Waals surface area contributed by atoms with E-state index in [1.54, 1.807) is 0 Å². The van der Waals surface area contributed by atoms with Gasteiger partial charge in [0.25, 0.3) is 5.91 Å². The minimum atomic E-state index is -0.613. The summed E-state index contributed by atoms with van der Waals surface area (Å²) in [6.45, 7) is 7.42. The van der Waals surface area contributed by atoms with Crippen LogP contribution in [-0.4, -0.2) is 51.2 Å². The topological polar surface area (TPSA) is 88.8 Å². The molecule has 1 N–H and O–H groups in total. The Labute approximate surface area is 169 Å². The average Bonchev–Trinajstić information content (AvgIpc) is 3.17. The third-order valence-electron chi connectivity index (χ3n) is 5.14. The SMILES string of the molecule is CC(C)(C)OC(=O)N1CCCCC1C(=O)N=c1nc2ccccc2c2n1CCN2. The second-order valence-corrected chi connectivity index (χ2v) is 8.49. The molecule has 4 rings (SSSR count). The number of hydrogen-bond acceptors (Lipinski definition) is 5. The maximum absolute atomic E-state index is 13.1. The van der Waals surface area contributed by atoms with Crippen LogP contribution in [0.25, 0.3) is 10.9 Å².